The third kappa shape index (κ3) is 9.19. The first-order chi connectivity index (χ1) is 47.2. The van der Waals surface area contributed by atoms with Crippen molar-refractivity contribution in [3.8, 4) is 78.4 Å². The molecule has 7 nitrogen and oxygen atoms in total. The molecule has 3 aromatic heterocycles. The number of H-pyrrole nitrogens is 3. The van der Waals surface area contributed by atoms with Crippen molar-refractivity contribution in [3.63, 3.8) is 0 Å². The van der Waals surface area contributed by atoms with E-state index in [2.05, 4.69) is 286 Å². The molecule has 10 aromatic rings. The molecule has 7 aromatic carbocycles. The van der Waals surface area contributed by atoms with Gasteiger partial charge in [0.25, 0.3) is 0 Å². The fourth-order valence-electron chi connectivity index (χ4n) is 18.2. The molecule has 0 spiro atoms. The third-order valence-electron chi connectivity index (χ3n) is 24.2. The highest BCUT2D eigenvalue weighted by Gasteiger charge is 2.48. The van der Waals surface area contributed by atoms with Crippen LogP contribution in [0, 0.1) is 29.7 Å². The number of aliphatic hydroxyl groups excluding tert-OH is 1. The number of hydrogen-bond acceptors (Lipinski definition) is 4. The average Bonchev–Trinajstić information content (AvgIpc) is 1.52. The minimum absolute atomic E-state index is 0.0187. The van der Waals surface area contributed by atoms with Crippen LogP contribution in [0.2, 0.25) is 0 Å². The second-order valence-electron chi connectivity index (χ2n) is 39.6. The SMILES string of the molecule is Cc1[nH]c(-c2[nH]c(C3=C(O)/C(=c4\nc(-c5[nH]c(C)c6c5-c5cc(C(C)(C)C)cc7cc(C(C)(C)C)cc-6c57)c5c6cc(C(C)(C)C)cc7cc(C(C)(C)C)cc(c4=5)c76)C(=O)C3=O)c3c2-c2cc(C(C)(C)C)cc4c2C3C=C(C(C)(C)C)C4)c2c1-c1cc(C(C)(C)C)cc3cc(C(C)(C)C)cc-2c13. The minimum Gasteiger partial charge on any atom is -0.506 e. The van der Waals surface area contributed by atoms with Crippen molar-refractivity contribution < 1.29 is 14.7 Å². The molecular weight excluding hydrogens is 1250 g/mol. The van der Waals surface area contributed by atoms with Crippen LogP contribution in [0.1, 0.15) is 245 Å². The Hall–Kier alpha value is -9.07. The first kappa shape index (κ1) is 66.2. The molecule has 518 valence electrons. The molecule has 4 N–H and O–H groups in total. The Morgan fingerprint density at radius 1 is 0.373 bits per heavy atom. The van der Waals surface area contributed by atoms with Crippen molar-refractivity contribution in [2.24, 2.45) is 5.41 Å². The maximum atomic E-state index is 16.4. The van der Waals surface area contributed by atoms with E-state index in [4.69, 9.17) is 4.98 Å². The average molecular weight is 1350 g/mol. The molecule has 4 heterocycles. The maximum Gasteiger partial charge on any atom is 0.239 e. The number of fused-ring (bicyclic) bond motifs is 11. The van der Waals surface area contributed by atoms with Gasteiger partial charge < -0.3 is 20.1 Å². The molecule has 0 saturated heterocycles. The zero-order valence-corrected chi connectivity index (χ0v) is 65.2. The van der Waals surface area contributed by atoms with Crippen LogP contribution >= 0.6 is 0 Å². The molecule has 6 aliphatic carbocycles. The molecule has 17 rings (SSSR count). The molecule has 7 aliphatic rings. The van der Waals surface area contributed by atoms with Crippen LogP contribution in [0.15, 0.2) is 102 Å². The number of Topliss-reactive ketones (excluding diaryl/α,β-unsaturated/α-hetero) is 2. The van der Waals surface area contributed by atoms with E-state index in [0.717, 1.165) is 111 Å². The van der Waals surface area contributed by atoms with Gasteiger partial charge in [-0.3, -0.25) is 9.59 Å². The lowest BCUT2D eigenvalue weighted by atomic mass is 9.72. The molecule has 1 atom stereocenters. The summed E-state index contributed by atoms with van der Waals surface area (Å²) < 4.78 is 0. The Morgan fingerprint density at radius 3 is 1.20 bits per heavy atom. The Balaban J connectivity index is 1.01. The number of hydrogen-bond donors (Lipinski definition) is 4. The summed E-state index contributed by atoms with van der Waals surface area (Å²) >= 11 is 0. The third-order valence-corrected chi connectivity index (χ3v) is 24.2. The monoisotopic (exact) mass is 1340 g/mol. The first-order valence-corrected chi connectivity index (χ1v) is 37.3. The lowest BCUT2D eigenvalue weighted by Gasteiger charge is -2.32. The number of carbonyl (C=O) groups is 2. The van der Waals surface area contributed by atoms with Gasteiger partial charge in [-0.15, -0.1) is 0 Å². The van der Waals surface area contributed by atoms with Gasteiger partial charge in [0, 0.05) is 55.6 Å². The molecule has 1 aliphatic heterocycles. The van der Waals surface area contributed by atoms with E-state index >= 15 is 9.59 Å². The van der Waals surface area contributed by atoms with Crippen molar-refractivity contribution in [1.82, 2.24) is 19.9 Å². The van der Waals surface area contributed by atoms with Gasteiger partial charge in [0.1, 0.15) is 5.76 Å². The van der Waals surface area contributed by atoms with E-state index in [-0.39, 0.29) is 66.1 Å². The molecule has 1 unspecified atom stereocenters. The second kappa shape index (κ2) is 20.2. The summed E-state index contributed by atoms with van der Waals surface area (Å²) in [6.45, 7) is 59.3. The molecule has 7 heteroatoms. The Labute approximate surface area is 601 Å². The molecule has 0 bridgehead atoms. The van der Waals surface area contributed by atoms with Crippen LogP contribution < -0.4 is 5.35 Å². The maximum absolute atomic E-state index is 16.4. The summed E-state index contributed by atoms with van der Waals surface area (Å²) in [4.78, 5) is 50.8. The lowest BCUT2D eigenvalue weighted by Crippen LogP contribution is -2.20. The predicted octanol–water partition coefficient (Wildman–Crippen LogP) is 23.8. The van der Waals surface area contributed by atoms with Gasteiger partial charge in [-0.05, 0) is 227 Å². The van der Waals surface area contributed by atoms with Crippen molar-refractivity contribution in [1.29, 1.82) is 0 Å². The van der Waals surface area contributed by atoms with Crippen LogP contribution in [0.5, 0.6) is 0 Å². The van der Waals surface area contributed by atoms with Gasteiger partial charge in [0.15, 0.2) is 0 Å². The number of aromatic amines is 3. The number of aromatic nitrogens is 4. The largest absolute Gasteiger partial charge is 0.506 e. The predicted molar refractivity (Wildman–Crippen MR) is 427 cm³/mol. The Kier molecular flexibility index (Phi) is 13.1. The van der Waals surface area contributed by atoms with E-state index in [1.807, 2.05) is 0 Å². The van der Waals surface area contributed by atoms with Crippen molar-refractivity contribution in [3.05, 3.63) is 191 Å². The fraction of sp³-hybridized carbons (Fsp3) is 0.379. The van der Waals surface area contributed by atoms with E-state index in [0.29, 0.717) is 16.7 Å². The number of rotatable bonds is 3. The highest BCUT2D eigenvalue weighted by Crippen LogP contribution is 2.63. The van der Waals surface area contributed by atoms with Gasteiger partial charge in [-0.1, -0.05) is 226 Å². The van der Waals surface area contributed by atoms with E-state index in [1.165, 1.54) is 93.9 Å². The molecule has 0 amide bonds. The normalized spacial score (nSPS) is 16.8. The van der Waals surface area contributed by atoms with Gasteiger partial charge in [0.05, 0.1) is 45.0 Å². The van der Waals surface area contributed by atoms with Gasteiger partial charge in [0.2, 0.25) is 11.6 Å². The number of ketones is 2. The Bertz CT molecular complexity index is 6080. The smallest absolute Gasteiger partial charge is 0.239 e. The number of benzene rings is 7. The summed E-state index contributed by atoms with van der Waals surface area (Å²) in [6, 6.07) is 33.5. The quantitative estimate of drug-likeness (QED) is 0.104. The summed E-state index contributed by atoms with van der Waals surface area (Å²) in [7, 11) is 0. The minimum atomic E-state index is -0.771. The zero-order chi connectivity index (χ0) is 73.1. The number of nitrogens with zero attached hydrogens (tertiary/aromatic N) is 1. The fourth-order valence-corrected chi connectivity index (χ4v) is 18.2. The number of nitrogens with one attached hydrogen (secondary N) is 3. The molecule has 0 saturated carbocycles. The van der Waals surface area contributed by atoms with Crippen LogP contribution in [-0.4, -0.2) is 36.6 Å². The number of allylic oxidation sites excluding steroid dienone is 4. The van der Waals surface area contributed by atoms with Crippen LogP contribution in [0.25, 0.3) is 133 Å². The number of carbonyl (C=O) groups excluding carboxylic acids is 2. The number of aliphatic hydroxyl groups is 1. The van der Waals surface area contributed by atoms with Crippen molar-refractivity contribution >= 4 is 65.8 Å². The molecular formula is C95H100N4O3. The first-order valence-electron chi connectivity index (χ1n) is 37.3. The highest BCUT2D eigenvalue weighted by atomic mass is 16.3. The summed E-state index contributed by atoms with van der Waals surface area (Å²) in [5.74, 6) is -2.18. The van der Waals surface area contributed by atoms with Crippen molar-refractivity contribution in [2.75, 3.05) is 0 Å². The standard InChI is InChI=1S/C95H100N4O3/c1-43-65-57-35-49(88(3,4)5)27-45-29-51(90(9,10)11)37-59(67(45)57)71(65)81(96-43)83-75-63-41-55(94(21,22)23)33-47-31-53(92(15,16)17)39-61(69(47)63)73(75)79(98-83)77-85(100)78(87(102)86(77)101)80-74-62-40-54(93(18,19)20)32-48-34-56(95(24,25)26)42-64(70(48)62)76(74)84(99-80)82-72-60-38-52(91(12,13)14)30-46-28-50(89(6,7)8)36-58(68(46)60)66(72)44(2)97-82/h27-31,33-42,62,96-97,99-100H,32H2,1-26H3/b79-77+. The number of aryl methyl sites for hydroxylation is 2. The van der Waals surface area contributed by atoms with Crippen LogP contribution in [-0.2, 0) is 53.9 Å². The summed E-state index contributed by atoms with van der Waals surface area (Å²) in [5, 5.41) is 25.1. The van der Waals surface area contributed by atoms with Crippen molar-refractivity contribution in [2.45, 2.75) is 230 Å². The molecule has 0 fully saturated rings. The van der Waals surface area contributed by atoms with Gasteiger partial charge in [-0.25, -0.2) is 4.98 Å². The topological polar surface area (TPSA) is 115 Å². The highest BCUT2D eigenvalue weighted by molar-refractivity contribution is 6.70. The zero-order valence-electron chi connectivity index (χ0n) is 65.2. The summed E-state index contributed by atoms with van der Waals surface area (Å²) in [5.41, 5.74) is 28.9. The van der Waals surface area contributed by atoms with E-state index < -0.39 is 11.6 Å². The van der Waals surface area contributed by atoms with E-state index in [9.17, 15) is 5.11 Å². The Morgan fingerprint density at radius 2 is 0.745 bits per heavy atom. The second-order valence-corrected chi connectivity index (χ2v) is 39.6. The summed E-state index contributed by atoms with van der Waals surface area (Å²) in [6.07, 6.45) is 3.23. The molecule has 102 heavy (non-hydrogen) atoms. The molecule has 0 radical (unpaired) electrons. The lowest BCUT2D eigenvalue weighted by molar-refractivity contribution is -0.129. The van der Waals surface area contributed by atoms with E-state index in [1.54, 1.807) is 0 Å². The van der Waals surface area contributed by atoms with Gasteiger partial charge >= 0.3 is 0 Å². The van der Waals surface area contributed by atoms with Crippen LogP contribution in [0.4, 0.5) is 0 Å². The van der Waals surface area contributed by atoms with Gasteiger partial charge in [-0.2, -0.15) is 0 Å². The van der Waals surface area contributed by atoms with Crippen LogP contribution in [0.3, 0.4) is 0 Å².